The number of nitrogens with zero attached hydrogens (tertiary/aromatic N) is 4. The Morgan fingerprint density at radius 3 is 2.78 bits per heavy atom. The molecule has 0 radical (unpaired) electrons. The molecule has 1 saturated heterocycles. The van der Waals surface area contributed by atoms with E-state index in [1.165, 1.54) is 0 Å². The summed E-state index contributed by atoms with van der Waals surface area (Å²) < 4.78 is 2.15. The molecule has 0 spiro atoms. The SMILES string of the molecule is CCCn1ccnc1CN1C[C@@H](C(=O)O)[C@H](c2ccncc2)C1. The van der Waals surface area contributed by atoms with Crippen molar-refractivity contribution in [3.63, 3.8) is 0 Å². The van der Waals surface area contributed by atoms with E-state index in [1.807, 2.05) is 24.5 Å². The van der Waals surface area contributed by atoms with Crippen molar-refractivity contribution in [1.82, 2.24) is 19.4 Å². The highest BCUT2D eigenvalue weighted by atomic mass is 16.4. The molecule has 1 N–H and O–H groups in total. The summed E-state index contributed by atoms with van der Waals surface area (Å²) >= 11 is 0. The predicted molar refractivity (Wildman–Crippen MR) is 85.9 cm³/mol. The van der Waals surface area contributed by atoms with Crippen LogP contribution in [0.3, 0.4) is 0 Å². The molecular weight excluding hydrogens is 292 g/mol. The molecule has 2 aromatic rings. The van der Waals surface area contributed by atoms with Crippen LogP contribution in [0.2, 0.25) is 0 Å². The molecule has 2 atom stereocenters. The lowest BCUT2D eigenvalue weighted by molar-refractivity contribution is -0.141. The van der Waals surface area contributed by atoms with Crippen LogP contribution >= 0.6 is 0 Å². The van der Waals surface area contributed by atoms with Crippen molar-refractivity contribution in [3.8, 4) is 0 Å². The fourth-order valence-electron chi connectivity index (χ4n) is 3.35. The fourth-order valence-corrected chi connectivity index (χ4v) is 3.35. The van der Waals surface area contributed by atoms with Crippen LogP contribution in [-0.4, -0.2) is 43.6 Å². The average Bonchev–Trinajstić information content (AvgIpc) is 3.16. The molecule has 0 bridgehead atoms. The van der Waals surface area contributed by atoms with Crippen LogP contribution in [0.1, 0.15) is 30.7 Å². The van der Waals surface area contributed by atoms with Crippen molar-refractivity contribution in [2.75, 3.05) is 13.1 Å². The van der Waals surface area contributed by atoms with E-state index in [2.05, 4.69) is 26.4 Å². The van der Waals surface area contributed by atoms with E-state index in [4.69, 9.17) is 0 Å². The predicted octanol–water partition coefficient (Wildman–Crippen LogP) is 1.99. The summed E-state index contributed by atoms with van der Waals surface area (Å²) in [4.78, 5) is 22.3. The number of likely N-dealkylation sites (tertiary alicyclic amines) is 1. The minimum absolute atomic E-state index is 0.00471. The van der Waals surface area contributed by atoms with Gasteiger partial charge in [-0.1, -0.05) is 6.92 Å². The van der Waals surface area contributed by atoms with Crippen molar-refractivity contribution in [1.29, 1.82) is 0 Å². The Morgan fingerprint density at radius 1 is 1.30 bits per heavy atom. The van der Waals surface area contributed by atoms with E-state index < -0.39 is 5.97 Å². The van der Waals surface area contributed by atoms with Crippen LogP contribution in [-0.2, 0) is 17.9 Å². The number of carboxylic acids is 1. The lowest BCUT2D eigenvalue weighted by atomic mass is 9.90. The van der Waals surface area contributed by atoms with Crippen molar-refractivity contribution < 1.29 is 9.90 Å². The summed E-state index contributed by atoms with van der Waals surface area (Å²) in [6.07, 6.45) is 8.32. The van der Waals surface area contributed by atoms with Crippen molar-refractivity contribution >= 4 is 5.97 Å². The molecule has 3 heterocycles. The molecular formula is C17H22N4O2. The number of hydrogen-bond donors (Lipinski definition) is 1. The number of carbonyl (C=O) groups is 1. The summed E-state index contributed by atoms with van der Waals surface area (Å²) in [5.74, 6) is -0.102. The molecule has 122 valence electrons. The zero-order chi connectivity index (χ0) is 16.2. The minimum Gasteiger partial charge on any atom is -0.481 e. The number of rotatable bonds is 6. The molecule has 0 aliphatic carbocycles. The third kappa shape index (κ3) is 3.42. The number of aliphatic carboxylic acids is 1. The number of aromatic nitrogens is 3. The number of pyridine rings is 1. The maximum absolute atomic E-state index is 11.6. The van der Waals surface area contributed by atoms with Crippen molar-refractivity contribution in [2.45, 2.75) is 32.4 Å². The Labute approximate surface area is 135 Å². The Morgan fingerprint density at radius 2 is 2.09 bits per heavy atom. The third-order valence-corrected chi connectivity index (χ3v) is 4.48. The number of imidazole rings is 1. The van der Waals surface area contributed by atoms with Gasteiger partial charge in [-0.05, 0) is 24.1 Å². The standard InChI is InChI=1S/C17H22N4O2/c1-2-8-21-9-7-19-16(21)12-20-10-14(15(11-20)17(22)23)13-3-5-18-6-4-13/h3-7,9,14-15H,2,8,10-12H2,1H3,(H,22,23)/t14-,15+/m0/s1. The molecule has 2 aromatic heterocycles. The zero-order valence-corrected chi connectivity index (χ0v) is 13.3. The van der Waals surface area contributed by atoms with Gasteiger partial charge in [-0.25, -0.2) is 4.98 Å². The minimum atomic E-state index is -0.730. The number of carboxylic acid groups (broad SMARTS) is 1. The topological polar surface area (TPSA) is 71.2 Å². The Hall–Kier alpha value is -2.21. The van der Waals surface area contributed by atoms with Gasteiger partial charge < -0.3 is 9.67 Å². The number of hydrogen-bond acceptors (Lipinski definition) is 4. The second-order valence-electron chi connectivity index (χ2n) is 6.06. The average molecular weight is 314 g/mol. The van der Waals surface area contributed by atoms with Crippen LogP contribution < -0.4 is 0 Å². The van der Waals surface area contributed by atoms with E-state index in [0.29, 0.717) is 13.1 Å². The van der Waals surface area contributed by atoms with E-state index in [1.54, 1.807) is 12.4 Å². The lowest BCUT2D eigenvalue weighted by Gasteiger charge is -2.16. The molecule has 6 nitrogen and oxygen atoms in total. The van der Waals surface area contributed by atoms with Crippen LogP contribution in [0.15, 0.2) is 36.9 Å². The first kappa shape index (κ1) is 15.7. The normalized spacial score (nSPS) is 21.6. The van der Waals surface area contributed by atoms with Gasteiger partial charge in [-0.2, -0.15) is 0 Å². The Kier molecular flexibility index (Phi) is 4.71. The van der Waals surface area contributed by atoms with Crippen molar-refractivity contribution in [2.24, 2.45) is 5.92 Å². The first-order valence-corrected chi connectivity index (χ1v) is 8.04. The molecule has 0 saturated carbocycles. The molecule has 1 aliphatic heterocycles. The first-order valence-electron chi connectivity index (χ1n) is 8.04. The zero-order valence-electron chi connectivity index (χ0n) is 13.3. The van der Waals surface area contributed by atoms with Crippen LogP contribution in [0.4, 0.5) is 0 Å². The van der Waals surface area contributed by atoms with Crippen molar-refractivity contribution in [3.05, 3.63) is 48.3 Å². The van der Waals surface area contributed by atoms with Gasteiger partial charge in [0.15, 0.2) is 0 Å². The molecule has 6 heteroatoms. The molecule has 23 heavy (non-hydrogen) atoms. The van der Waals surface area contributed by atoms with Crippen LogP contribution in [0, 0.1) is 5.92 Å². The summed E-state index contributed by atoms with van der Waals surface area (Å²) in [7, 11) is 0. The maximum Gasteiger partial charge on any atom is 0.308 e. The smallest absolute Gasteiger partial charge is 0.308 e. The highest BCUT2D eigenvalue weighted by molar-refractivity contribution is 5.72. The van der Waals surface area contributed by atoms with Gasteiger partial charge in [0.05, 0.1) is 12.5 Å². The quantitative estimate of drug-likeness (QED) is 0.883. The van der Waals surface area contributed by atoms with Gasteiger partial charge in [-0.15, -0.1) is 0 Å². The Balaban J connectivity index is 1.75. The summed E-state index contributed by atoms with van der Waals surface area (Å²) in [6, 6.07) is 3.84. The van der Waals surface area contributed by atoms with E-state index >= 15 is 0 Å². The summed E-state index contributed by atoms with van der Waals surface area (Å²) in [6.45, 7) is 5.07. The van der Waals surface area contributed by atoms with Gasteiger partial charge in [0.2, 0.25) is 0 Å². The highest BCUT2D eigenvalue weighted by Gasteiger charge is 2.38. The summed E-state index contributed by atoms with van der Waals surface area (Å²) in [5.41, 5.74) is 1.05. The number of aryl methyl sites for hydroxylation is 1. The third-order valence-electron chi connectivity index (χ3n) is 4.48. The molecule has 0 amide bonds. The molecule has 3 rings (SSSR count). The van der Waals surface area contributed by atoms with Gasteiger partial charge >= 0.3 is 5.97 Å². The van der Waals surface area contributed by atoms with Crippen LogP contribution in [0.25, 0.3) is 0 Å². The first-order chi connectivity index (χ1) is 11.2. The molecule has 1 fully saturated rings. The second kappa shape index (κ2) is 6.91. The van der Waals surface area contributed by atoms with Gasteiger partial charge in [0, 0.05) is 50.3 Å². The molecule has 0 aromatic carbocycles. The monoisotopic (exact) mass is 314 g/mol. The second-order valence-corrected chi connectivity index (χ2v) is 6.06. The molecule has 1 aliphatic rings. The fraction of sp³-hybridized carbons (Fsp3) is 0.471. The Bertz CT molecular complexity index is 656. The van der Waals surface area contributed by atoms with Gasteiger partial charge in [-0.3, -0.25) is 14.7 Å². The van der Waals surface area contributed by atoms with Gasteiger partial charge in [0.25, 0.3) is 0 Å². The van der Waals surface area contributed by atoms with Crippen LogP contribution in [0.5, 0.6) is 0 Å². The van der Waals surface area contributed by atoms with E-state index in [0.717, 1.165) is 30.9 Å². The molecule has 0 unspecified atom stereocenters. The highest BCUT2D eigenvalue weighted by Crippen LogP contribution is 2.33. The van der Waals surface area contributed by atoms with E-state index in [9.17, 15) is 9.90 Å². The maximum atomic E-state index is 11.6. The lowest BCUT2D eigenvalue weighted by Crippen LogP contribution is -2.24. The largest absolute Gasteiger partial charge is 0.481 e. The summed E-state index contributed by atoms with van der Waals surface area (Å²) in [5, 5.41) is 9.56. The van der Waals surface area contributed by atoms with Gasteiger partial charge in [0.1, 0.15) is 5.82 Å². The van der Waals surface area contributed by atoms with E-state index in [-0.39, 0.29) is 11.8 Å².